The van der Waals surface area contributed by atoms with Gasteiger partial charge in [0.05, 0.1) is 25.5 Å². The van der Waals surface area contributed by atoms with Crippen LogP contribution >= 0.6 is 11.3 Å². The highest BCUT2D eigenvalue weighted by Gasteiger charge is 2.23. The molecule has 156 valence electrons. The van der Waals surface area contributed by atoms with Crippen molar-refractivity contribution in [1.29, 1.82) is 5.26 Å². The number of fused-ring (bicyclic) bond motifs is 1. The van der Waals surface area contributed by atoms with Crippen LogP contribution in [0.3, 0.4) is 0 Å². The summed E-state index contributed by atoms with van der Waals surface area (Å²) in [6.07, 6.45) is 5.17. The fourth-order valence-corrected chi connectivity index (χ4v) is 4.45. The molecule has 2 amide bonds. The molecule has 0 atom stereocenters. The van der Waals surface area contributed by atoms with Crippen LogP contribution in [0.5, 0.6) is 11.5 Å². The number of carbonyl (C=O) groups excluding carboxylic acids is 2. The molecule has 1 aromatic carbocycles. The summed E-state index contributed by atoms with van der Waals surface area (Å²) < 4.78 is 10.7. The van der Waals surface area contributed by atoms with E-state index in [0.717, 1.165) is 36.1 Å². The third-order valence-electron chi connectivity index (χ3n) is 4.60. The van der Waals surface area contributed by atoms with Gasteiger partial charge in [-0.05, 0) is 56.4 Å². The Hall–Kier alpha value is -3.38. The summed E-state index contributed by atoms with van der Waals surface area (Å²) in [4.78, 5) is 25.5. The second kappa shape index (κ2) is 9.89. The van der Waals surface area contributed by atoms with Crippen LogP contribution in [0.15, 0.2) is 23.3 Å². The third-order valence-corrected chi connectivity index (χ3v) is 5.81. The molecule has 30 heavy (non-hydrogen) atoms. The highest BCUT2D eigenvalue weighted by molar-refractivity contribution is 7.16. The summed E-state index contributed by atoms with van der Waals surface area (Å²) >= 11 is 1.36. The van der Waals surface area contributed by atoms with Gasteiger partial charge < -0.3 is 14.8 Å². The standard InChI is InChI=1S/C21H22N4O4S/c1-3-29-14-8-9-17(28-2)13(10-14)12-23-25-20(27)19(26)24-21-16(11-22)15-6-4-5-7-18(15)30-21/h8-10,12H,3-7H2,1-2H3,(H,24,26)(H,25,27)/b23-12+. The van der Waals surface area contributed by atoms with Gasteiger partial charge in [-0.3, -0.25) is 9.59 Å². The fourth-order valence-electron chi connectivity index (χ4n) is 3.21. The normalized spacial score (nSPS) is 12.7. The number of anilines is 1. The molecule has 1 heterocycles. The number of nitrogens with one attached hydrogen (secondary N) is 2. The number of nitriles is 1. The molecule has 1 aliphatic carbocycles. The molecule has 3 rings (SSSR count). The second-order valence-electron chi connectivity index (χ2n) is 6.52. The second-order valence-corrected chi connectivity index (χ2v) is 7.62. The van der Waals surface area contributed by atoms with E-state index < -0.39 is 11.8 Å². The van der Waals surface area contributed by atoms with E-state index in [4.69, 9.17) is 9.47 Å². The minimum atomic E-state index is -0.929. The Morgan fingerprint density at radius 3 is 2.83 bits per heavy atom. The summed E-state index contributed by atoms with van der Waals surface area (Å²) in [6.45, 7) is 2.38. The first kappa shape index (κ1) is 21.3. The van der Waals surface area contributed by atoms with E-state index in [1.54, 1.807) is 18.2 Å². The number of ether oxygens (including phenoxy) is 2. The van der Waals surface area contributed by atoms with E-state index in [-0.39, 0.29) is 0 Å². The number of hydrogen-bond donors (Lipinski definition) is 2. The maximum Gasteiger partial charge on any atom is 0.329 e. The van der Waals surface area contributed by atoms with E-state index in [2.05, 4.69) is 21.9 Å². The zero-order chi connectivity index (χ0) is 21.5. The lowest BCUT2D eigenvalue weighted by atomic mass is 9.96. The van der Waals surface area contributed by atoms with Gasteiger partial charge in [-0.15, -0.1) is 11.3 Å². The van der Waals surface area contributed by atoms with Crippen molar-refractivity contribution in [2.24, 2.45) is 5.10 Å². The molecule has 1 aromatic heterocycles. The van der Waals surface area contributed by atoms with Crippen molar-refractivity contribution < 1.29 is 19.1 Å². The van der Waals surface area contributed by atoms with Crippen LogP contribution in [0.25, 0.3) is 0 Å². The van der Waals surface area contributed by atoms with Crippen molar-refractivity contribution in [2.45, 2.75) is 32.6 Å². The molecule has 0 radical (unpaired) electrons. The highest BCUT2D eigenvalue weighted by Crippen LogP contribution is 2.37. The number of nitrogens with zero attached hydrogens (tertiary/aromatic N) is 2. The SMILES string of the molecule is CCOc1ccc(OC)c(/C=N/NC(=O)C(=O)Nc2sc3c(c2C#N)CCCC3)c1. The van der Waals surface area contributed by atoms with Crippen LogP contribution < -0.4 is 20.2 Å². The van der Waals surface area contributed by atoms with Gasteiger partial charge in [0.2, 0.25) is 0 Å². The summed E-state index contributed by atoms with van der Waals surface area (Å²) in [5, 5.41) is 16.2. The molecule has 9 heteroatoms. The van der Waals surface area contributed by atoms with E-state index in [0.29, 0.717) is 34.2 Å². The van der Waals surface area contributed by atoms with Gasteiger partial charge in [-0.1, -0.05) is 0 Å². The Kier molecular flexibility index (Phi) is 7.03. The van der Waals surface area contributed by atoms with Crippen molar-refractivity contribution in [3.63, 3.8) is 0 Å². The number of aryl methyl sites for hydroxylation is 1. The van der Waals surface area contributed by atoms with Crippen LogP contribution in [0.4, 0.5) is 5.00 Å². The zero-order valence-corrected chi connectivity index (χ0v) is 17.6. The molecule has 0 aliphatic heterocycles. The monoisotopic (exact) mass is 426 g/mol. The molecular formula is C21H22N4O4S. The first-order chi connectivity index (χ1) is 14.6. The lowest BCUT2D eigenvalue weighted by Gasteiger charge is -2.09. The lowest BCUT2D eigenvalue weighted by molar-refractivity contribution is -0.136. The minimum Gasteiger partial charge on any atom is -0.496 e. The Morgan fingerprint density at radius 1 is 1.30 bits per heavy atom. The van der Waals surface area contributed by atoms with Crippen molar-refractivity contribution >= 4 is 34.4 Å². The fraction of sp³-hybridized carbons (Fsp3) is 0.333. The maximum absolute atomic E-state index is 12.3. The molecule has 0 bridgehead atoms. The summed E-state index contributed by atoms with van der Waals surface area (Å²) in [7, 11) is 1.52. The summed E-state index contributed by atoms with van der Waals surface area (Å²) in [5.74, 6) is -0.628. The average molecular weight is 426 g/mol. The van der Waals surface area contributed by atoms with Crippen LogP contribution in [0.1, 0.15) is 41.3 Å². The van der Waals surface area contributed by atoms with Crippen molar-refractivity contribution in [3.8, 4) is 17.6 Å². The molecule has 1 aliphatic rings. The summed E-state index contributed by atoms with van der Waals surface area (Å²) in [6, 6.07) is 7.35. The number of benzene rings is 1. The molecule has 8 nitrogen and oxygen atoms in total. The number of amides is 2. The largest absolute Gasteiger partial charge is 0.496 e. The van der Waals surface area contributed by atoms with Crippen LogP contribution in [0.2, 0.25) is 0 Å². The smallest absolute Gasteiger partial charge is 0.329 e. The number of rotatable bonds is 6. The predicted molar refractivity (Wildman–Crippen MR) is 114 cm³/mol. The Labute approximate surface area is 178 Å². The van der Waals surface area contributed by atoms with Crippen molar-refractivity contribution in [1.82, 2.24) is 5.43 Å². The van der Waals surface area contributed by atoms with Crippen molar-refractivity contribution in [2.75, 3.05) is 19.0 Å². The van der Waals surface area contributed by atoms with Gasteiger partial charge in [-0.2, -0.15) is 10.4 Å². The predicted octanol–water partition coefficient (Wildman–Crippen LogP) is 2.99. The number of hydrazone groups is 1. The van der Waals surface area contributed by atoms with Crippen molar-refractivity contribution in [3.05, 3.63) is 39.8 Å². The number of carbonyl (C=O) groups is 2. The van der Waals surface area contributed by atoms with Gasteiger partial charge in [0, 0.05) is 10.4 Å². The topological polar surface area (TPSA) is 113 Å². The zero-order valence-electron chi connectivity index (χ0n) is 16.8. The molecule has 0 saturated carbocycles. The Bertz CT molecular complexity index is 1020. The van der Waals surface area contributed by atoms with Gasteiger partial charge >= 0.3 is 11.8 Å². The quantitative estimate of drug-likeness (QED) is 0.419. The number of hydrogen-bond acceptors (Lipinski definition) is 7. The Morgan fingerprint density at radius 2 is 2.10 bits per heavy atom. The third kappa shape index (κ3) is 4.78. The van der Waals surface area contributed by atoms with E-state index >= 15 is 0 Å². The number of methoxy groups -OCH3 is 1. The van der Waals surface area contributed by atoms with Crippen LogP contribution in [-0.2, 0) is 22.4 Å². The minimum absolute atomic E-state index is 0.416. The molecule has 0 saturated heterocycles. The van der Waals surface area contributed by atoms with E-state index in [9.17, 15) is 14.9 Å². The summed E-state index contributed by atoms with van der Waals surface area (Å²) in [5.41, 5.74) is 4.23. The molecule has 2 aromatic rings. The lowest BCUT2D eigenvalue weighted by Crippen LogP contribution is -2.32. The average Bonchev–Trinajstić information content (AvgIpc) is 3.11. The van der Waals surface area contributed by atoms with Gasteiger partial charge in [0.1, 0.15) is 22.6 Å². The molecular weight excluding hydrogens is 404 g/mol. The number of thiophene rings is 1. The Balaban J connectivity index is 1.66. The highest BCUT2D eigenvalue weighted by atomic mass is 32.1. The van der Waals surface area contributed by atoms with Gasteiger partial charge in [0.25, 0.3) is 0 Å². The molecule has 2 N–H and O–H groups in total. The van der Waals surface area contributed by atoms with Gasteiger partial charge in [0.15, 0.2) is 0 Å². The maximum atomic E-state index is 12.3. The molecule has 0 spiro atoms. The van der Waals surface area contributed by atoms with Crippen LogP contribution in [-0.4, -0.2) is 31.7 Å². The molecule has 0 fully saturated rings. The van der Waals surface area contributed by atoms with E-state index in [1.165, 1.54) is 24.7 Å². The molecule has 0 unspecified atom stereocenters. The van der Waals surface area contributed by atoms with Gasteiger partial charge in [-0.25, -0.2) is 5.43 Å². The first-order valence-corrected chi connectivity index (χ1v) is 10.4. The van der Waals surface area contributed by atoms with E-state index in [1.807, 2.05) is 6.92 Å². The van der Waals surface area contributed by atoms with Crippen LogP contribution in [0, 0.1) is 11.3 Å². The first-order valence-electron chi connectivity index (χ1n) is 9.57.